The van der Waals surface area contributed by atoms with Crippen molar-refractivity contribution in [2.75, 3.05) is 19.6 Å². The van der Waals surface area contributed by atoms with Gasteiger partial charge in [-0.15, -0.1) is 11.3 Å². The van der Waals surface area contributed by atoms with Crippen LogP contribution >= 0.6 is 22.9 Å². The molecule has 2 aromatic heterocycles. The van der Waals surface area contributed by atoms with E-state index in [1.807, 2.05) is 35.2 Å². The molecule has 0 N–H and O–H groups in total. The smallest absolute Gasteiger partial charge is 0.252 e. The third kappa shape index (κ3) is 4.04. The fourth-order valence-corrected chi connectivity index (χ4v) is 7.34. The zero-order valence-corrected chi connectivity index (χ0v) is 19.4. The number of halogens is 1. The molecule has 2 aromatic carbocycles. The van der Waals surface area contributed by atoms with Crippen molar-refractivity contribution in [2.24, 2.45) is 0 Å². The molecule has 6 nitrogen and oxygen atoms in total. The molecule has 0 spiro atoms. The van der Waals surface area contributed by atoms with Gasteiger partial charge in [0.25, 0.3) is 10.0 Å². The van der Waals surface area contributed by atoms with E-state index in [1.165, 1.54) is 15.6 Å². The summed E-state index contributed by atoms with van der Waals surface area (Å²) in [7, 11) is -3.69. The molecule has 3 heterocycles. The number of aldehydes is 1. The van der Waals surface area contributed by atoms with E-state index in [9.17, 15) is 13.2 Å². The van der Waals surface area contributed by atoms with Crippen LogP contribution in [0.4, 0.5) is 0 Å². The number of hydrogen-bond donors (Lipinski definition) is 0. The summed E-state index contributed by atoms with van der Waals surface area (Å²) in [5.41, 5.74) is 1.98. The summed E-state index contributed by atoms with van der Waals surface area (Å²) in [6, 6.07) is 16.4. The zero-order valence-electron chi connectivity index (χ0n) is 17.0. The first kappa shape index (κ1) is 21.5. The number of benzene rings is 2. The molecule has 1 unspecified atom stereocenters. The van der Waals surface area contributed by atoms with Crippen molar-refractivity contribution in [3.63, 3.8) is 0 Å². The Hall–Kier alpha value is -2.36. The van der Waals surface area contributed by atoms with Crippen LogP contribution in [0.5, 0.6) is 0 Å². The molecule has 5 rings (SSSR count). The number of thiophene rings is 1. The Labute approximate surface area is 195 Å². The Bertz CT molecular complexity index is 1420. The van der Waals surface area contributed by atoms with Crippen LogP contribution in [0.3, 0.4) is 0 Å². The van der Waals surface area contributed by atoms with Crippen molar-refractivity contribution in [3.05, 3.63) is 71.4 Å². The van der Waals surface area contributed by atoms with E-state index in [4.69, 9.17) is 11.6 Å². The lowest BCUT2D eigenvalue weighted by Gasteiger charge is -2.38. The normalized spacial score (nSPS) is 18.3. The maximum atomic E-state index is 13.3. The monoisotopic (exact) mass is 485 g/mol. The molecule has 1 atom stereocenters. The number of pyridine rings is 1. The van der Waals surface area contributed by atoms with Crippen molar-refractivity contribution < 1.29 is 13.2 Å². The molecule has 0 amide bonds. The summed E-state index contributed by atoms with van der Waals surface area (Å²) >= 11 is 7.25. The average molecular weight is 486 g/mol. The van der Waals surface area contributed by atoms with E-state index in [-0.39, 0.29) is 10.8 Å². The molecule has 1 aliphatic heterocycles. The van der Waals surface area contributed by atoms with Crippen LogP contribution < -0.4 is 0 Å². The third-order valence-electron chi connectivity index (χ3n) is 5.76. The molecule has 32 heavy (non-hydrogen) atoms. The molecular formula is C23H20ClN3O3S2. The predicted octanol–water partition coefficient (Wildman–Crippen LogP) is 4.18. The second-order valence-electron chi connectivity index (χ2n) is 7.81. The summed E-state index contributed by atoms with van der Waals surface area (Å²) in [4.78, 5) is 18.2. The first-order valence-electron chi connectivity index (χ1n) is 10.2. The largest absolute Gasteiger partial charge is 0.302 e. The zero-order chi connectivity index (χ0) is 22.3. The van der Waals surface area contributed by atoms with Crippen molar-refractivity contribution in [2.45, 2.75) is 16.8 Å². The molecule has 0 saturated carbocycles. The summed E-state index contributed by atoms with van der Waals surface area (Å²) in [5.74, 6) is 0. The molecule has 1 aliphatic rings. The second kappa shape index (κ2) is 8.53. The fourth-order valence-electron chi connectivity index (χ4n) is 4.06. The van der Waals surface area contributed by atoms with E-state index in [1.54, 1.807) is 24.4 Å². The number of aromatic nitrogens is 1. The number of rotatable bonds is 5. The lowest BCUT2D eigenvalue weighted by Crippen LogP contribution is -2.54. The fraction of sp³-hybridized carbons (Fsp3) is 0.217. The molecule has 4 aromatic rings. The summed E-state index contributed by atoms with van der Waals surface area (Å²) in [6.45, 7) is 1.51. The lowest BCUT2D eigenvalue weighted by molar-refractivity contribution is -0.114. The quantitative estimate of drug-likeness (QED) is 0.397. The Morgan fingerprint density at radius 1 is 1.09 bits per heavy atom. The van der Waals surface area contributed by atoms with Gasteiger partial charge in [0, 0.05) is 47.5 Å². The van der Waals surface area contributed by atoms with Crippen molar-refractivity contribution in [1.29, 1.82) is 0 Å². The summed E-state index contributed by atoms with van der Waals surface area (Å²) in [6.07, 6.45) is 2.60. The maximum absolute atomic E-state index is 13.3. The number of carbonyl (C=O) groups is 1. The average Bonchev–Trinajstić information content (AvgIpc) is 3.23. The van der Waals surface area contributed by atoms with Gasteiger partial charge in [-0.05, 0) is 47.3 Å². The molecule has 1 fully saturated rings. The second-order valence-corrected chi connectivity index (χ2v) is 11.5. The van der Waals surface area contributed by atoms with Gasteiger partial charge in [-0.25, -0.2) is 8.42 Å². The highest BCUT2D eigenvalue weighted by Crippen LogP contribution is 2.33. The SMILES string of the molecule is O=CC1CN(S(=O)(=O)c2cc3ccc(Cl)cc3s2)CCN1Cc1ccc2ncccc2c1. The topological polar surface area (TPSA) is 70.6 Å². The molecule has 1 saturated heterocycles. The lowest BCUT2D eigenvalue weighted by atomic mass is 10.1. The first-order valence-corrected chi connectivity index (χ1v) is 12.8. The van der Waals surface area contributed by atoms with Gasteiger partial charge < -0.3 is 4.79 Å². The van der Waals surface area contributed by atoms with Crippen LogP contribution in [-0.2, 0) is 21.4 Å². The number of fused-ring (bicyclic) bond motifs is 2. The van der Waals surface area contributed by atoms with Gasteiger partial charge in [-0.3, -0.25) is 9.88 Å². The molecule has 164 valence electrons. The van der Waals surface area contributed by atoms with E-state index in [0.717, 1.165) is 32.8 Å². The van der Waals surface area contributed by atoms with Crippen LogP contribution in [0.1, 0.15) is 5.56 Å². The molecular weight excluding hydrogens is 466 g/mol. The summed E-state index contributed by atoms with van der Waals surface area (Å²) in [5, 5.41) is 2.45. The van der Waals surface area contributed by atoms with Crippen molar-refractivity contribution in [1.82, 2.24) is 14.2 Å². The van der Waals surface area contributed by atoms with E-state index < -0.39 is 16.1 Å². The highest BCUT2D eigenvalue weighted by atomic mass is 35.5. The van der Waals surface area contributed by atoms with Crippen LogP contribution in [0, 0.1) is 0 Å². The summed E-state index contributed by atoms with van der Waals surface area (Å²) < 4.78 is 29.1. The van der Waals surface area contributed by atoms with Gasteiger partial charge in [0.05, 0.1) is 11.6 Å². The van der Waals surface area contributed by atoms with Crippen LogP contribution in [-0.4, -0.2) is 54.6 Å². The third-order valence-corrected chi connectivity index (χ3v) is 9.41. The maximum Gasteiger partial charge on any atom is 0.252 e. The molecule has 0 aliphatic carbocycles. The van der Waals surface area contributed by atoms with Gasteiger partial charge in [-0.2, -0.15) is 4.31 Å². The Morgan fingerprint density at radius 2 is 1.97 bits per heavy atom. The minimum absolute atomic E-state index is 0.135. The first-order chi connectivity index (χ1) is 15.4. The molecule has 0 bridgehead atoms. The number of carbonyl (C=O) groups excluding carboxylic acids is 1. The number of piperazine rings is 1. The van der Waals surface area contributed by atoms with Gasteiger partial charge >= 0.3 is 0 Å². The van der Waals surface area contributed by atoms with Gasteiger partial charge in [0.2, 0.25) is 0 Å². The number of nitrogens with zero attached hydrogens (tertiary/aromatic N) is 3. The standard InChI is InChI=1S/C23H20ClN3O3S2/c24-19-5-4-18-11-23(31-22(18)12-19)32(29,30)27-9-8-26(20(14-27)15-28)13-16-3-6-21-17(10-16)2-1-7-25-21/h1-7,10-12,15,20H,8-9,13-14H2. The predicted molar refractivity (Wildman–Crippen MR) is 128 cm³/mol. The van der Waals surface area contributed by atoms with Gasteiger partial charge in [-0.1, -0.05) is 29.8 Å². The Balaban J connectivity index is 1.35. The van der Waals surface area contributed by atoms with Crippen molar-refractivity contribution in [3.8, 4) is 0 Å². The van der Waals surface area contributed by atoms with Crippen LogP contribution in [0.25, 0.3) is 21.0 Å². The van der Waals surface area contributed by atoms with E-state index in [2.05, 4.69) is 11.1 Å². The minimum Gasteiger partial charge on any atom is -0.302 e. The molecule has 9 heteroatoms. The highest BCUT2D eigenvalue weighted by Gasteiger charge is 2.35. The Morgan fingerprint density at radius 3 is 2.81 bits per heavy atom. The van der Waals surface area contributed by atoms with E-state index in [0.29, 0.717) is 24.7 Å². The van der Waals surface area contributed by atoms with Crippen LogP contribution in [0.2, 0.25) is 5.02 Å². The highest BCUT2D eigenvalue weighted by molar-refractivity contribution is 7.91. The van der Waals surface area contributed by atoms with Crippen molar-refractivity contribution >= 4 is 60.2 Å². The number of sulfonamides is 1. The van der Waals surface area contributed by atoms with E-state index >= 15 is 0 Å². The molecule has 0 radical (unpaired) electrons. The minimum atomic E-state index is -3.69. The van der Waals surface area contributed by atoms with Crippen LogP contribution in [0.15, 0.2) is 65.0 Å². The number of hydrogen-bond acceptors (Lipinski definition) is 6. The Kier molecular flexibility index (Phi) is 5.73. The van der Waals surface area contributed by atoms with Gasteiger partial charge in [0.1, 0.15) is 10.5 Å². The van der Waals surface area contributed by atoms with Gasteiger partial charge in [0.15, 0.2) is 0 Å².